The quantitative estimate of drug-likeness (QED) is 0.559. The van der Waals surface area contributed by atoms with Gasteiger partial charge in [0.1, 0.15) is 5.82 Å². The zero-order valence-corrected chi connectivity index (χ0v) is 17.2. The molecule has 2 amide bonds. The lowest BCUT2D eigenvalue weighted by Crippen LogP contribution is -2.47. The Labute approximate surface area is 177 Å². The van der Waals surface area contributed by atoms with Crippen LogP contribution in [0.5, 0.6) is 0 Å². The van der Waals surface area contributed by atoms with E-state index in [1.165, 1.54) is 6.07 Å². The van der Waals surface area contributed by atoms with Gasteiger partial charge in [-0.2, -0.15) is 0 Å². The van der Waals surface area contributed by atoms with Gasteiger partial charge in [0.25, 0.3) is 0 Å². The molecular weight excluding hydrogens is 377 g/mol. The van der Waals surface area contributed by atoms with E-state index in [0.717, 1.165) is 24.1 Å². The third-order valence-corrected chi connectivity index (χ3v) is 5.45. The first-order valence-corrected chi connectivity index (χ1v) is 10.3. The molecule has 3 aromatic rings. The Morgan fingerprint density at radius 3 is 2.03 bits per heavy atom. The van der Waals surface area contributed by atoms with Crippen molar-refractivity contribution in [2.75, 3.05) is 29.9 Å². The number of carbonyl (C=O) groups excluding carboxylic acids is 1. The highest BCUT2D eigenvalue weighted by Crippen LogP contribution is 2.29. The van der Waals surface area contributed by atoms with Gasteiger partial charge in [0.2, 0.25) is 0 Å². The summed E-state index contributed by atoms with van der Waals surface area (Å²) in [6.07, 6.45) is 0.875. The molecule has 1 fully saturated rings. The van der Waals surface area contributed by atoms with Gasteiger partial charge in [0.05, 0.1) is 5.69 Å². The van der Waals surface area contributed by atoms with Crippen molar-refractivity contribution in [3.63, 3.8) is 0 Å². The van der Waals surface area contributed by atoms with Crippen LogP contribution >= 0.6 is 0 Å². The summed E-state index contributed by atoms with van der Waals surface area (Å²) in [7, 11) is 1.78. The van der Waals surface area contributed by atoms with Crippen LogP contribution in [0.25, 0.3) is 0 Å². The highest BCUT2D eigenvalue weighted by atomic mass is 19.1. The van der Waals surface area contributed by atoms with E-state index in [1.807, 2.05) is 71.6 Å². The van der Waals surface area contributed by atoms with Crippen LogP contribution in [0.4, 0.5) is 20.6 Å². The highest BCUT2D eigenvalue weighted by Gasteiger charge is 2.25. The van der Waals surface area contributed by atoms with Gasteiger partial charge >= 0.3 is 6.03 Å². The fraction of sp³-hybridized carbons (Fsp3) is 0.240. The first kappa shape index (κ1) is 20.0. The summed E-state index contributed by atoms with van der Waals surface area (Å²) < 4.78 is 15.3. The van der Waals surface area contributed by atoms with Crippen LogP contribution in [0.1, 0.15) is 17.5 Å². The van der Waals surface area contributed by atoms with Crippen molar-refractivity contribution in [3.05, 3.63) is 95.8 Å². The Kier molecular flexibility index (Phi) is 5.98. The molecule has 0 atom stereocenters. The second-order valence-corrected chi connectivity index (χ2v) is 7.67. The van der Waals surface area contributed by atoms with Gasteiger partial charge in [-0.3, -0.25) is 4.90 Å². The minimum Gasteiger partial charge on any atom is -0.361 e. The molecule has 0 N–H and O–H groups in total. The molecule has 4 nitrogen and oxygen atoms in total. The lowest BCUT2D eigenvalue weighted by molar-refractivity contribution is 0.207. The standard InChI is InChI=1S/C25H26FN3O/c1-27-15-8-16-29(25(27)30)22-13-14-24(23(26)17-22)28(18-20-9-4-2-5-10-20)19-21-11-6-3-7-12-21/h2-7,9-14,17H,8,15-16,18-19H2,1H3. The van der Waals surface area contributed by atoms with Gasteiger partial charge in [-0.15, -0.1) is 0 Å². The van der Waals surface area contributed by atoms with E-state index < -0.39 is 0 Å². The van der Waals surface area contributed by atoms with Crippen LogP contribution in [-0.4, -0.2) is 31.1 Å². The molecule has 1 aliphatic rings. The molecule has 154 valence electrons. The second kappa shape index (κ2) is 8.99. The molecule has 0 radical (unpaired) electrons. The van der Waals surface area contributed by atoms with Crippen LogP contribution in [-0.2, 0) is 13.1 Å². The van der Waals surface area contributed by atoms with Crippen molar-refractivity contribution in [1.29, 1.82) is 0 Å². The molecule has 1 heterocycles. The van der Waals surface area contributed by atoms with Gasteiger partial charge in [-0.1, -0.05) is 60.7 Å². The average molecular weight is 404 g/mol. The normalized spacial score (nSPS) is 14.1. The maximum Gasteiger partial charge on any atom is 0.324 e. The minimum absolute atomic E-state index is 0.0844. The number of benzene rings is 3. The Morgan fingerprint density at radius 1 is 0.867 bits per heavy atom. The summed E-state index contributed by atoms with van der Waals surface area (Å²) in [5.74, 6) is -0.319. The summed E-state index contributed by atoms with van der Waals surface area (Å²) in [5.41, 5.74) is 3.37. The van der Waals surface area contributed by atoms with E-state index in [0.29, 0.717) is 31.0 Å². The monoisotopic (exact) mass is 403 g/mol. The van der Waals surface area contributed by atoms with E-state index in [4.69, 9.17) is 0 Å². The number of nitrogens with zero attached hydrogens (tertiary/aromatic N) is 3. The lowest BCUT2D eigenvalue weighted by atomic mass is 10.1. The molecule has 0 spiro atoms. The Balaban J connectivity index is 1.63. The lowest BCUT2D eigenvalue weighted by Gasteiger charge is -2.34. The van der Waals surface area contributed by atoms with E-state index in [2.05, 4.69) is 0 Å². The summed E-state index contributed by atoms with van der Waals surface area (Å²) in [6.45, 7) is 2.53. The maximum atomic E-state index is 15.3. The topological polar surface area (TPSA) is 26.8 Å². The molecular formula is C25H26FN3O. The van der Waals surface area contributed by atoms with Crippen molar-refractivity contribution < 1.29 is 9.18 Å². The molecule has 0 bridgehead atoms. The van der Waals surface area contributed by atoms with E-state index >= 15 is 4.39 Å². The van der Waals surface area contributed by atoms with Crippen LogP contribution in [0.15, 0.2) is 78.9 Å². The Hall–Kier alpha value is -3.34. The van der Waals surface area contributed by atoms with Crippen LogP contribution in [0, 0.1) is 5.82 Å². The third-order valence-electron chi connectivity index (χ3n) is 5.45. The summed E-state index contributed by atoms with van der Waals surface area (Å²) in [4.78, 5) is 17.8. The molecule has 4 rings (SSSR count). The van der Waals surface area contributed by atoms with E-state index in [1.54, 1.807) is 22.9 Å². The summed E-state index contributed by atoms with van der Waals surface area (Å²) in [6, 6.07) is 25.2. The third kappa shape index (κ3) is 4.46. The van der Waals surface area contributed by atoms with E-state index in [-0.39, 0.29) is 11.8 Å². The van der Waals surface area contributed by atoms with Crippen molar-refractivity contribution in [2.24, 2.45) is 0 Å². The molecule has 0 unspecified atom stereocenters. The van der Waals surface area contributed by atoms with Gasteiger partial charge < -0.3 is 9.80 Å². The van der Waals surface area contributed by atoms with Gasteiger partial charge in [0.15, 0.2) is 0 Å². The van der Waals surface area contributed by atoms with Gasteiger partial charge in [-0.25, -0.2) is 9.18 Å². The molecule has 0 aliphatic carbocycles. The van der Waals surface area contributed by atoms with Crippen molar-refractivity contribution in [3.8, 4) is 0 Å². The molecule has 0 aromatic heterocycles. The molecule has 1 saturated heterocycles. The predicted molar refractivity (Wildman–Crippen MR) is 119 cm³/mol. The number of carbonyl (C=O) groups is 1. The summed E-state index contributed by atoms with van der Waals surface area (Å²) in [5, 5.41) is 0. The Bertz CT molecular complexity index is 952. The molecule has 3 aromatic carbocycles. The first-order valence-electron chi connectivity index (χ1n) is 10.3. The minimum atomic E-state index is -0.319. The number of amides is 2. The maximum absolute atomic E-state index is 15.3. The van der Waals surface area contributed by atoms with E-state index in [9.17, 15) is 4.79 Å². The second-order valence-electron chi connectivity index (χ2n) is 7.67. The predicted octanol–water partition coefficient (Wildman–Crippen LogP) is 5.29. The molecule has 5 heteroatoms. The Morgan fingerprint density at radius 2 is 1.47 bits per heavy atom. The zero-order chi connectivity index (χ0) is 20.9. The number of halogens is 1. The number of urea groups is 1. The van der Waals surface area contributed by atoms with Crippen molar-refractivity contribution >= 4 is 17.4 Å². The van der Waals surface area contributed by atoms with Crippen LogP contribution in [0.2, 0.25) is 0 Å². The first-order chi connectivity index (χ1) is 14.6. The number of rotatable bonds is 6. The van der Waals surface area contributed by atoms with Crippen molar-refractivity contribution in [2.45, 2.75) is 19.5 Å². The smallest absolute Gasteiger partial charge is 0.324 e. The SMILES string of the molecule is CN1CCCN(c2ccc(N(Cc3ccccc3)Cc3ccccc3)c(F)c2)C1=O. The largest absolute Gasteiger partial charge is 0.361 e. The van der Waals surface area contributed by atoms with Crippen LogP contribution < -0.4 is 9.80 Å². The number of hydrogen-bond donors (Lipinski definition) is 0. The van der Waals surface area contributed by atoms with Crippen molar-refractivity contribution in [1.82, 2.24) is 4.90 Å². The molecule has 0 saturated carbocycles. The van der Waals surface area contributed by atoms with Gasteiger partial charge in [-0.05, 0) is 35.7 Å². The van der Waals surface area contributed by atoms with Crippen LogP contribution in [0.3, 0.4) is 0 Å². The van der Waals surface area contributed by atoms with Gasteiger partial charge in [0, 0.05) is 38.9 Å². The fourth-order valence-electron chi connectivity index (χ4n) is 3.86. The summed E-state index contributed by atoms with van der Waals surface area (Å²) >= 11 is 0. The molecule has 30 heavy (non-hydrogen) atoms. The number of hydrogen-bond acceptors (Lipinski definition) is 2. The fourth-order valence-corrected chi connectivity index (χ4v) is 3.86. The number of anilines is 2. The highest BCUT2D eigenvalue weighted by molar-refractivity contribution is 5.92. The zero-order valence-electron chi connectivity index (χ0n) is 17.2. The molecule has 1 aliphatic heterocycles. The average Bonchev–Trinajstić information content (AvgIpc) is 2.77.